The van der Waals surface area contributed by atoms with E-state index in [9.17, 15) is 0 Å². The van der Waals surface area contributed by atoms with Gasteiger partial charge in [-0.2, -0.15) is 0 Å². The van der Waals surface area contributed by atoms with Crippen molar-refractivity contribution in [3.05, 3.63) is 48.0 Å². The molecule has 1 aromatic heterocycles. The summed E-state index contributed by atoms with van der Waals surface area (Å²) in [4.78, 5) is 0. The van der Waals surface area contributed by atoms with Gasteiger partial charge in [0.15, 0.2) is 0 Å². The molecule has 92 valence electrons. The van der Waals surface area contributed by atoms with E-state index in [2.05, 4.69) is 51.1 Å². The van der Waals surface area contributed by atoms with Crippen molar-refractivity contribution in [3.8, 4) is 0 Å². The van der Waals surface area contributed by atoms with Crippen LogP contribution in [0.1, 0.15) is 32.3 Å². The number of para-hydroxylation sites is 2. The van der Waals surface area contributed by atoms with E-state index in [4.69, 9.17) is 4.42 Å². The Balaban J connectivity index is 2.34. The second-order valence-corrected chi connectivity index (χ2v) is 5.35. The predicted octanol–water partition coefficient (Wildman–Crippen LogP) is 5.35. The van der Waals surface area contributed by atoms with Crippen LogP contribution in [-0.2, 0) is 0 Å². The van der Waals surface area contributed by atoms with Crippen molar-refractivity contribution < 1.29 is 4.42 Å². The van der Waals surface area contributed by atoms with Crippen molar-refractivity contribution in [2.24, 2.45) is 5.92 Å². The Labute approximate surface area is 107 Å². The summed E-state index contributed by atoms with van der Waals surface area (Å²) in [5, 5.41) is 2.45. The molecule has 1 unspecified atom stereocenters. The lowest BCUT2D eigenvalue weighted by atomic mass is 9.89. The maximum Gasteiger partial charge on any atom is 0.138 e. The fourth-order valence-electron chi connectivity index (χ4n) is 2.49. The van der Waals surface area contributed by atoms with E-state index in [1.54, 1.807) is 0 Å². The highest BCUT2D eigenvalue weighted by molar-refractivity contribution is 6.05. The molecule has 3 aromatic rings. The largest absolute Gasteiger partial charge is 0.456 e. The van der Waals surface area contributed by atoms with E-state index in [1.807, 2.05) is 12.1 Å². The third kappa shape index (κ3) is 1.62. The summed E-state index contributed by atoms with van der Waals surface area (Å²) in [7, 11) is 0. The van der Waals surface area contributed by atoms with Crippen LogP contribution in [0, 0.1) is 5.92 Å². The number of rotatable bonds is 2. The third-order valence-corrected chi connectivity index (χ3v) is 3.93. The van der Waals surface area contributed by atoms with Gasteiger partial charge in [0.05, 0.1) is 0 Å². The van der Waals surface area contributed by atoms with Crippen LogP contribution in [0.3, 0.4) is 0 Å². The minimum atomic E-state index is 0.509. The SMILES string of the molecule is CC(C)C(C)c1cccc2c1oc1ccccc12. The minimum absolute atomic E-state index is 0.509. The molecule has 1 heterocycles. The molecular formula is C17H18O. The van der Waals surface area contributed by atoms with Gasteiger partial charge in [0.2, 0.25) is 0 Å². The summed E-state index contributed by atoms with van der Waals surface area (Å²) in [5.41, 5.74) is 3.36. The van der Waals surface area contributed by atoms with Crippen LogP contribution in [0.25, 0.3) is 21.9 Å². The zero-order valence-corrected chi connectivity index (χ0v) is 11.1. The molecule has 0 amide bonds. The summed E-state index contributed by atoms with van der Waals surface area (Å²) < 4.78 is 6.05. The van der Waals surface area contributed by atoms with Gasteiger partial charge in [-0.25, -0.2) is 0 Å². The molecule has 0 aliphatic heterocycles. The number of benzene rings is 2. The molecule has 0 radical (unpaired) electrons. The lowest BCUT2D eigenvalue weighted by Crippen LogP contribution is -2.01. The van der Waals surface area contributed by atoms with Gasteiger partial charge in [-0.1, -0.05) is 57.2 Å². The summed E-state index contributed by atoms with van der Waals surface area (Å²) in [6.45, 7) is 6.78. The Morgan fingerprint density at radius 2 is 1.56 bits per heavy atom. The van der Waals surface area contributed by atoms with Gasteiger partial charge in [-0.05, 0) is 23.5 Å². The molecule has 0 saturated carbocycles. The summed E-state index contributed by atoms with van der Waals surface area (Å²) >= 11 is 0. The highest BCUT2D eigenvalue weighted by Gasteiger charge is 2.16. The number of hydrogen-bond donors (Lipinski definition) is 0. The molecule has 3 rings (SSSR count). The lowest BCUT2D eigenvalue weighted by Gasteiger charge is -2.15. The van der Waals surface area contributed by atoms with Gasteiger partial charge in [0.1, 0.15) is 11.2 Å². The van der Waals surface area contributed by atoms with Crippen molar-refractivity contribution in [2.75, 3.05) is 0 Å². The monoisotopic (exact) mass is 238 g/mol. The summed E-state index contributed by atoms with van der Waals surface area (Å²) in [6, 6.07) is 14.7. The Hall–Kier alpha value is -1.76. The number of fused-ring (bicyclic) bond motifs is 3. The van der Waals surface area contributed by atoms with Crippen molar-refractivity contribution in [2.45, 2.75) is 26.7 Å². The van der Waals surface area contributed by atoms with E-state index >= 15 is 0 Å². The molecule has 1 nitrogen and oxygen atoms in total. The van der Waals surface area contributed by atoms with Gasteiger partial charge in [-0.15, -0.1) is 0 Å². The van der Waals surface area contributed by atoms with Crippen molar-refractivity contribution in [1.82, 2.24) is 0 Å². The van der Waals surface area contributed by atoms with Gasteiger partial charge in [-0.3, -0.25) is 0 Å². The average molecular weight is 238 g/mol. The van der Waals surface area contributed by atoms with Crippen LogP contribution in [0.2, 0.25) is 0 Å². The molecule has 1 atom stereocenters. The smallest absolute Gasteiger partial charge is 0.138 e. The fourth-order valence-corrected chi connectivity index (χ4v) is 2.49. The molecule has 0 bridgehead atoms. The van der Waals surface area contributed by atoms with Crippen molar-refractivity contribution in [1.29, 1.82) is 0 Å². The molecule has 0 N–H and O–H groups in total. The van der Waals surface area contributed by atoms with Gasteiger partial charge >= 0.3 is 0 Å². The molecular weight excluding hydrogens is 220 g/mol. The Morgan fingerprint density at radius 3 is 2.33 bits per heavy atom. The molecule has 0 saturated heterocycles. The van der Waals surface area contributed by atoms with Crippen LogP contribution in [0.4, 0.5) is 0 Å². The van der Waals surface area contributed by atoms with Crippen molar-refractivity contribution >= 4 is 21.9 Å². The number of furan rings is 1. The molecule has 0 aliphatic rings. The van der Waals surface area contributed by atoms with Gasteiger partial charge < -0.3 is 4.42 Å². The van der Waals surface area contributed by atoms with Crippen LogP contribution < -0.4 is 0 Å². The van der Waals surface area contributed by atoms with E-state index < -0.39 is 0 Å². The normalized spacial score (nSPS) is 13.6. The lowest BCUT2D eigenvalue weighted by molar-refractivity contribution is 0.529. The Morgan fingerprint density at radius 1 is 0.833 bits per heavy atom. The highest BCUT2D eigenvalue weighted by atomic mass is 16.3. The topological polar surface area (TPSA) is 13.1 Å². The second-order valence-electron chi connectivity index (χ2n) is 5.35. The van der Waals surface area contributed by atoms with Crippen LogP contribution in [-0.4, -0.2) is 0 Å². The van der Waals surface area contributed by atoms with Crippen LogP contribution in [0.15, 0.2) is 46.9 Å². The standard InChI is InChI=1S/C17H18O/c1-11(2)12(3)13-8-6-9-15-14-7-4-5-10-16(14)18-17(13)15/h4-12H,1-3H3. The molecule has 1 heteroatoms. The van der Waals surface area contributed by atoms with E-state index in [-0.39, 0.29) is 0 Å². The molecule has 0 aliphatic carbocycles. The Bertz CT molecular complexity index is 691. The maximum absolute atomic E-state index is 6.05. The highest BCUT2D eigenvalue weighted by Crippen LogP contribution is 2.35. The van der Waals surface area contributed by atoms with E-state index in [0.29, 0.717) is 11.8 Å². The molecule has 18 heavy (non-hydrogen) atoms. The van der Waals surface area contributed by atoms with Gasteiger partial charge in [0, 0.05) is 10.8 Å². The molecule has 0 spiro atoms. The first-order valence-corrected chi connectivity index (χ1v) is 6.58. The minimum Gasteiger partial charge on any atom is -0.456 e. The second kappa shape index (κ2) is 4.16. The zero-order chi connectivity index (χ0) is 12.7. The van der Waals surface area contributed by atoms with Crippen LogP contribution in [0.5, 0.6) is 0 Å². The summed E-state index contributed by atoms with van der Waals surface area (Å²) in [6.07, 6.45) is 0. The molecule has 2 aromatic carbocycles. The van der Waals surface area contributed by atoms with E-state index in [1.165, 1.54) is 16.3 Å². The maximum atomic E-state index is 6.05. The van der Waals surface area contributed by atoms with Crippen LogP contribution >= 0.6 is 0 Å². The third-order valence-electron chi connectivity index (χ3n) is 3.93. The fraction of sp³-hybridized carbons (Fsp3) is 0.294. The first kappa shape index (κ1) is 11.3. The van der Waals surface area contributed by atoms with Gasteiger partial charge in [0.25, 0.3) is 0 Å². The average Bonchev–Trinajstić information content (AvgIpc) is 2.76. The van der Waals surface area contributed by atoms with E-state index in [0.717, 1.165) is 11.2 Å². The first-order chi connectivity index (χ1) is 8.68. The van der Waals surface area contributed by atoms with Crippen molar-refractivity contribution in [3.63, 3.8) is 0 Å². The molecule has 0 fully saturated rings. The predicted molar refractivity (Wildman–Crippen MR) is 77.0 cm³/mol. The zero-order valence-electron chi connectivity index (χ0n) is 11.1. The quantitative estimate of drug-likeness (QED) is 0.587. The number of hydrogen-bond acceptors (Lipinski definition) is 1. The first-order valence-electron chi connectivity index (χ1n) is 6.58. The summed E-state index contributed by atoms with van der Waals surface area (Å²) in [5.74, 6) is 1.12. The Kier molecular flexibility index (Phi) is 2.62.